The Morgan fingerprint density at radius 1 is 1.00 bits per heavy atom. The zero-order valence-corrected chi connectivity index (χ0v) is 14.1. The number of hydrogen-bond donors (Lipinski definition) is 1. The largest absolute Gasteiger partial charge is 0.373 e. The molecule has 2 atom stereocenters. The fourth-order valence-electron chi connectivity index (χ4n) is 3.83. The highest BCUT2D eigenvalue weighted by atomic mass is 16.5. The molecule has 0 bridgehead atoms. The lowest BCUT2D eigenvalue weighted by molar-refractivity contribution is -0.0704. The summed E-state index contributed by atoms with van der Waals surface area (Å²) in [5.74, 6) is 0. The van der Waals surface area contributed by atoms with Gasteiger partial charge in [-0.1, -0.05) is 37.1 Å². The third kappa shape index (κ3) is 4.55. The number of rotatable bonds is 5. The summed E-state index contributed by atoms with van der Waals surface area (Å²) in [4.78, 5) is 2.50. The van der Waals surface area contributed by atoms with Gasteiger partial charge in [-0.15, -0.1) is 0 Å². The first kappa shape index (κ1) is 16.0. The van der Waals surface area contributed by atoms with Crippen molar-refractivity contribution in [2.24, 2.45) is 0 Å². The predicted octanol–water partition coefficient (Wildman–Crippen LogP) is 3.33. The Hall–Kier alpha value is -0.900. The molecule has 0 spiro atoms. The molecule has 1 heterocycles. The molecule has 3 rings (SSSR count). The lowest BCUT2D eigenvalue weighted by Crippen LogP contribution is -2.44. The molecule has 0 radical (unpaired) electrons. The van der Waals surface area contributed by atoms with Crippen molar-refractivity contribution in [2.45, 2.75) is 70.9 Å². The van der Waals surface area contributed by atoms with Crippen molar-refractivity contribution in [1.29, 1.82) is 0 Å². The van der Waals surface area contributed by atoms with Gasteiger partial charge in [-0.25, -0.2) is 0 Å². The molecule has 1 saturated carbocycles. The summed E-state index contributed by atoms with van der Waals surface area (Å²) < 4.78 is 5.80. The van der Waals surface area contributed by atoms with E-state index in [0.717, 1.165) is 32.2 Å². The average Bonchev–Trinajstić information content (AvgIpc) is 2.99. The van der Waals surface area contributed by atoms with Gasteiger partial charge in [0.15, 0.2) is 0 Å². The Morgan fingerprint density at radius 2 is 1.59 bits per heavy atom. The van der Waals surface area contributed by atoms with Gasteiger partial charge in [-0.05, 0) is 37.8 Å². The van der Waals surface area contributed by atoms with E-state index < -0.39 is 0 Å². The highest BCUT2D eigenvalue weighted by Crippen LogP contribution is 2.18. The molecule has 2 aliphatic rings. The maximum atomic E-state index is 5.80. The maximum Gasteiger partial charge on any atom is 0.0678 e. The van der Waals surface area contributed by atoms with Crippen LogP contribution in [0.25, 0.3) is 0 Å². The van der Waals surface area contributed by atoms with Crippen LogP contribution in [0.1, 0.15) is 50.7 Å². The highest BCUT2D eigenvalue weighted by Gasteiger charge is 2.22. The molecular weight excluding hydrogens is 272 g/mol. The lowest BCUT2D eigenvalue weighted by Gasteiger charge is -2.35. The summed E-state index contributed by atoms with van der Waals surface area (Å²) in [5, 5.41) is 3.68. The Kier molecular flexibility index (Phi) is 5.51. The van der Waals surface area contributed by atoms with Crippen molar-refractivity contribution >= 4 is 0 Å². The number of benzene rings is 1. The molecule has 3 heteroatoms. The van der Waals surface area contributed by atoms with Gasteiger partial charge in [0.1, 0.15) is 0 Å². The van der Waals surface area contributed by atoms with Gasteiger partial charge in [-0.2, -0.15) is 0 Å². The molecule has 22 heavy (non-hydrogen) atoms. The Labute approximate surface area is 135 Å². The van der Waals surface area contributed by atoms with Crippen molar-refractivity contribution in [1.82, 2.24) is 10.2 Å². The maximum absolute atomic E-state index is 5.80. The van der Waals surface area contributed by atoms with Crippen LogP contribution >= 0.6 is 0 Å². The van der Waals surface area contributed by atoms with E-state index in [1.54, 1.807) is 0 Å². The molecule has 1 aromatic rings. The van der Waals surface area contributed by atoms with Crippen LogP contribution in [0.3, 0.4) is 0 Å². The zero-order valence-electron chi connectivity index (χ0n) is 14.1. The SMILES string of the molecule is C[C@@H]1CN(Cc2ccc(CNC3CCCC3)cc2)C[C@H](C)O1. The van der Waals surface area contributed by atoms with Crippen LogP contribution in [-0.4, -0.2) is 36.2 Å². The normalized spacial score (nSPS) is 27.4. The van der Waals surface area contributed by atoms with E-state index in [-0.39, 0.29) is 0 Å². The lowest BCUT2D eigenvalue weighted by atomic mass is 10.1. The molecule has 1 saturated heterocycles. The van der Waals surface area contributed by atoms with Crippen LogP contribution in [-0.2, 0) is 17.8 Å². The van der Waals surface area contributed by atoms with E-state index in [9.17, 15) is 0 Å². The van der Waals surface area contributed by atoms with E-state index in [0.29, 0.717) is 12.2 Å². The van der Waals surface area contributed by atoms with Gasteiger partial charge in [-0.3, -0.25) is 4.90 Å². The highest BCUT2D eigenvalue weighted by molar-refractivity contribution is 5.22. The van der Waals surface area contributed by atoms with Crippen molar-refractivity contribution in [3.05, 3.63) is 35.4 Å². The van der Waals surface area contributed by atoms with Gasteiger partial charge in [0.05, 0.1) is 12.2 Å². The second-order valence-electron chi connectivity index (χ2n) is 7.13. The Balaban J connectivity index is 1.48. The first-order valence-electron chi connectivity index (χ1n) is 8.88. The smallest absolute Gasteiger partial charge is 0.0678 e. The molecule has 3 nitrogen and oxygen atoms in total. The number of ether oxygens (including phenoxy) is 1. The standard InChI is InChI=1S/C19H30N2O/c1-15-12-21(13-16(2)22-15)14-18-9-7-17(8-10-18)11-20-19-5-3-4-6-19/h7-10,15-16,19-20H,3-6,11-14H2,1-2H3/t15-,16+. The molecular formula is C19H30N2O. The van der Waals surface area contributed by atoms with Gasteiger partial charge < -0.3 is 10.1 Å². The zero-order chi connectivity index (χ0) is 15.4. The van der Waals surface area contributed by atoms with Gasteiger partial charge >= 0.3 is 0 Å². The molecule has 1 aliphatic heterocycles. The number of hydrogen-bond acceptors (Lipinski definition) is 3. The third-order valence-corrected chi connectivity index (χ3v) is 4.87. The first-order chi connectivity index (χ1) is 10.7. The average molecular weight is 302 g/mol. The minimum atomic E-state index is 0.346. The van der Waals surface area contributed by atoms with Gasteiger partial charge in [0.2, 0.25) is 0 Å². The summed E-state index contributed by atoms with van der Waals surface area (Å²) in [5.41, 5.74) is 2.81. The molecule has 122 valence electrons. The summed E-state index contributed by atoms with van der Waals surface area (Å²) in [6, 6.07) is 9.89. The minimum absolute atomic E-state index is 0.346. The van der Waals surface area contributed by atoms with Crippen LogP contribution in [0.4, 0.5) is 0 Å². The third-order valence-electron chi connectivity index (χ3n) is 4.87. The second-order valence-corrected chi connectivity index (χ2v) is 7.13. The topological polar surface area (TPSA) is 24.5 Å². The fourth-order valence-corrected chi connectivity index (χ4v) is 3.83. The molecule has 1 aliphatic carbocycles. The monoisotopic (exact) mass is 302 g/mol. The number of morpholine rings is 1. The number of nitrogens with one attached hydrogen (secondary N) is 1. The number of nitrogens with zero attached hydrogens (tertiary/aromatic N) is 1. The molecule has 0 unspecified atom stereocenters. The van der Waals surface area contributed by atoms with E-state index >= 15 is 0 Å². The summed E-state index contributed by atoms with van der Waals surface area (Å²) in [6.07, 6.45) is 6.19. The molecule has 0 aromatic heterocycles. The first-order valence-corrected chi connectivity index (χ1v) is 8.88. The van der Waals surface area contributed by atoms with Crippen molar-refractivity contribution in [3.8, 4) is 0 Å². The molecule has 0 amide bonds. The summed E-state index contributed by atoms with van der Waals surface area (Å²) in [6.45, 7) is 8.45. The van der Waals surface area contributed by atoms with Crippen LogP contribution in [0, 0.1) is 0 Å². The molecule has 1 aromatic carbocycles. The molecule has 1 N–H and O–H groups in total. The summed E-state index contributed by atoms with van der Waals surface area (Å²) >= 11 is 0. The Bertz CT molecular complexity index is 443. The van der Waals surface area contributed by atoms with Crippen molar-refractivity contribution < 1.29 is 4.74 Å². The van der Waals surface area contributed by atoms with Crippen LogP contribution in [0.5, 0.6) is 0 Å². The Morgan fingerprint density at radius 3 is 2.23 bits per heavy atom. The van der Waals surface area contributed by atoms with Crippen LogP contribution in [0.15, 0.2) is 24.3 Å². The second kappa shape index (κ2) is 7.58. The minimum Gasteiger partial charge on any atom is -0.373 e. The van der Waals surface area contributed by atoms with E-state index in [4.69, 9.17) is 4.74 Å². The van der Waals surface area contributed by atoms with E-state index in [1.165, 1.54) is 36.8 Å². The predicted molar refractivity (Wildman–Crippen MR) is 90.8 cm³/mol. The van der Waals surface area contributed by atoms with Gasteiger partial charge in [0.25, 0.3) is 0 Å². The fraction of sp³-hybridized carbons (Fsp3) is 0.684. The summed E-state index contributed by atoms with van der Waals surface area (Å²) in [7, 11) is 0. The van der Waals surface area contributed by atoms with Gasteiger partial charge in [0, 0.05) is 32.2 Å². The van der Waals surface area contributed by atoms with Crippen LogP contribution < -0.4 is 5.32 Å². The van der Waals surface area contributed by atoms with Crippen molar-refractivity contribution in [2.75, 3.05) is 13.1 Å². The van der Waals surface area contributed by atoms with Crippen molar-refractivity contribution in [3.63, 3.8) is 0 Å². The quantitative estimate of drug-likeness (QED) is 0.903. The van der Waals surface area contributed by atoms with E-state index in [1.807, 2.05) is 0 Å². The van der Waals surface area contributed by atoms with E-state index in [2.05, 4.69) is 48.3 Å². The van der Waals surface area contributed by atoms with Crippen LogP contribution in [0.2, 0.25) is 0 Å². The molecule has 2 fully saturated rings.